The number of nitrogens with two attached hydrogens (primary N) is 1. The number of hydrogen-bond donors (Lipinski definition) is 1. The number of aromatic nitrogens is 1. The van der Waals surface area contributed by atoms with E-state index in [4.69, 9.17) is 15.5 Å². The molecule has 1 saturated carbocycles. The third-order valence-corrected chi connectivity index (χ3v) is 5.53. The smallest absolute Gasteiger partial charge is 0.119 e. The van der Waals surface area contributed by atoms with Gasteiger partial charge in [0.1, 0.15) is 5.75 Å². The lowest BCUT2D eigenvalue weighted by Crippen LogP contribution is -2.27. The molecule has 0 unspecified atom stereocenters. The molecule has 0 saturated heterocycles. The summed E-state index contributed by atoms with van der Waals surface area (Å²) in [6.07, 6.45) is 8.99. The Morgan fingerprint density at radius 1 is 1.19 bits per heavy atom. The van der Waals surface area contributed by atoms with Crippen LogP contribution in [0.15, 0.2) is 18.2 Å². The van der Waals surface area contributed by atoms with Gasteiger partial charge in [-0.25, -0.2) is 0 Å². The zero-order valence-corrected chi connectivity index (χ0v) is 12.6. The fourth-order valence-corrected chi connectivity index (χ4v) is 4.30. The Bertz CT molecular complexity index is 702. The lowest BCUT2D eigenvalue weighted by atomic mass is 9.71. The fraction of sp³-hybridized carbons (Fsp3) is 0.500. The quantitative estimate of drug-likeness (QED) is 0.863. The summed E-state index contributed by atoms with van der Waals surface area (Å²) < 4.78 is 5.31. The number of nitrogen functional groups attached to an aromatic ring is 1. The molecule has 1 aromatic heterocycles. The van der Waals surface area contributed by atoms with Gasteiger partial charge in [0.2, 0.25) is 0 Å². The molecule has 0 amide bonds. The molecule has 1 heterocycles. The summed E-state index contributed by atoms with van der Waals surface area (Å²) in [5.74, 6) is 0.846. The molecule has 0 bridgehead atoms. The fourth-order valence-electron chi connectivity index (χ4n) is 4.30. The lowest BCUT2D eigenvalue weighted by Gasteiger charge is -2.34. The molecule has 3 nitrogen and oxygen atoms in total. The molecule has 2 aromatic rings. The highest BCUT2D eigenvalue weighted by Gasteiger charge is 2.38. The minimum atomic E-state index is 0.520. The van der Waals surface area contributed by atoms with Crippen LogP contribution in [0.25, 0.3) is 10.9 Å². The largest absolute Gasteiger partial charge is 0.497 e. The Labute approximate surface area is 125 Å². The van der Waals surface area contributed by atoms with E-state index in [2.05, 4.69) is 0 Å². The van der Waals surface area contributed by atoms with Gasteiger partial charge in [-0.15, -0.1) is 0 Å². The Morgan fingerprint density at radius 2 is 2.00 bits per heavy atom. The molecule has 3 heteroatoms. The first-order chi connectivity index (χ1) is 10.2. The highest BCUT2D eigenvalue weighted by atomic mass is 16.5. The number of fused-ring (bicyclic) bond motifs is 2. The van der Waals surface area contributed by atoms with E-state index in [-0.39, 0.29) is 0 Å². The van der Waals surface area contributed by atoms with Crippen LogP contribution in [0.1, 0.15) is 43.4 Å². The van der Waals surface area contributed by atoms with Crippen LogP contribution in [0.3, 0.4) is 0 Å². The molecule has 1 spiro atoms. The van der Waals surface area contributed by atoms with Crippen LogP contribution in [0.2, 0.25) is 0 Å². The SMILES string of the molecule is COc1ccc2nc3c(c(N)c2c1)CCC1(CCCC1)C3. The van der Waals surface area contributed by atoms with Gasteiger partial charge in [0.05, 0.1) is 12.6 Å². The van der Waals surface area contributed by atoms with Crippen molar-refractivity contribution < 1.29 is 4.74 Å². The summed E-state index contributed by atoms with van der Waals surface area (Å²) in [5, 5.41) is 1.04. The van der Waals surface area contributed by atoms with E-state index < -0.39 is 0 Å². The molecule has 0 atom stereocenters. The van der Waals surface area contributed by atoms with Crippen molar-refractivity contribution in [1.82, 2.24) is 4.98 Å². The van der Waals surface area contributed by atoms with E-state index in [0.29, 0.717) is 5.41 Å². The van der Waals surface area contributed by atoms with E-state index in [1.807, 2.05) is 18.2 Å². The van der Waals surface area contributed by atoms with E-state index in [9.17, 15) is 0 Å². The van der Waals surface area contributed by atoms with E-state index >= 15 is 0 Å². The molecule has 2 N–H and O–H groups in total. The minimum absolute atomic E-state index is 0.520. The predicted octanol–water partition coefficient (Wildman–Crippen LogP) is 3.87. The van der Waals surface area contributed by atoms with Crippen molar-refractivity contribution in [2.45, 2.75) is 44.9 Å². The molecule has 2 aliphatic rings. The highest BCUT2D eigenvalue weighted by Crippen LogP contribution is 2.48. The van der Waals surface area contributed by atoms with Crippen molar-refractivity contribution in [3.8, 4) is 5.75 Å². The summed E-state index contributed by atoms with van der Waals surface area (Å²) in [7, 11) is 1.69. The van der Waals surface area contributed by atoms with Crippen LogP contribution in [-0.2, 0) is 12.8 Å². The van der Waals surface area contributed by atoms with Crippen LogP contribution < -0.4 is 10.5 Å². The first-order valence-electron chi connectivity index (χ1n) is 7.96. The Balaban J connectivity index is 1.84. The third-order valence-electron chi connectivity index (χ3n) is 5.53. The predicted molar refractivity (Wildman–Crippen MR) is 85.6 cm³/mol. The van der Waals surface area contributed by atoms with Gasteiger partial charge in [-0.1, -0.05) is 12.8 Å². The van der Waals surface area contributed by atoms with Gasteiger partial charge in [-0.3, -0.25) is 4.98 Å². The molecular formula is C18H22N2O. The van der Waals surface area contributed by atoms with Crippen molar-refractivity contribution >= 4 is 16.6 Å². The maximum Gasteiger partial charge on any atom is 0.119 e. The number of anilines is 1. The van der Waals surface area contributed by atoms with Crippen LogP contribution in [0.4, 0.5) is 5.69 Å². The molecule has 1 fully saturated rings. The third kappa shape index (κ3) is 1.98. The van der Waals surface area contributed by atoms with Crippen molar-refractivity contribution in [1.29, 1.82) is 0 Å². The van der Waals surface area contributed by atoms with Crippen molar-refractivity contribution in [2.24, 2.45) is 5.41 Å². The van der Waals surface area contributed by atoms with Gasteiger partial charge in [0.15, 0.2) is 0 Å². The highest BCUT2D eigenvalue weighted by molar-refractivity contribution is 5.93. The molecule has 4 rings (SSSR count). The van der Waals surface area contributed by atoms with Gasteiger partial charge in [0, 0.05) is 16.8 Å². The van der Waals surface area contributed by atoms with Crippen molar-refractivity contribution in [3.05, 3.63) is 29.5 Å². The topological polar surface area (TPSA) is 48.1 Å². The summed E-state index contributed by atoms with van der Waals surface area (Å²) in [4.78, 5) is 4.94. The van der Waals surface area contributed by atoms with Crippen LogP contribution >= 0.6 is 0 Å². The second-order valence-electron chi connectivity index (χ2n) is 6.72. The average molecular weight is 282 g/mol. The van der Waals surface area contributed by atoms with E-state index in [0.717, 1.165) is 35.2 Å². The van der Waals surface area contributed by atoms with Gasteiger partial charge >= 0.3 is 0 Å². The summed E-state index contributed by atoms with van der Waals surface area (Å²) in [6, 6.07) is 6.01. The van der Waals surface area contributed by atoms with E-state index in [1.54, 1.807) is 7.11 Å². The number of hydrogen-bond acceptors (Lipinski definition) is 3. The second-order valence-corrected chi connectivity index (χ2v) is 6.72. The standard InChI is InChI=1S/C18H22N2O/c1-21-12-4-5-15-14(10-12)17(19)13-6-9-18(7-2-3-8-18)11-16(13)20-15/h4-5,10H,2-3,6-9,11H2,1H3,(H2,19,20). The van der Waals surface area contributed by atoms with Gasteiger partial charge in [-0.2, -0.15) is 0 Å². The summed E-state index contributed by atoms with van der Waals surface area (Å²) in [5.41, 5.74) is 11.4. The number of benzene rings is 1. The van der Waals surface area contributed by atoms with Crippen molar-refractivity contribution in [2.75, 3.05) is 12.8 Å². The Kier molecular flexibility index (Phi) is 2.84. The average Bonchev–Trinajstić information content (AvgIpc) is 2.95. The molecule has 0 radical (unpaired) electrons. The number of methoxy groups -OCH3 is 1. The number of nitrogens with zero attached hydrogens (tertiary/aromatic N) is 1. The Morgan fingerprint density at radius 3 is 2.76 bits per heavy atom. The van der Waals surface area contributed by atoms with Crippen LogP contribution in [0.5, 0.6) is 5.75 Å². The normalized spacial score (nSPS) is 19.9. The van der Waals surface area contributed by atoms with E-state index in [1.165, 1.54) is 43.4 Å². The molecule has 1 aromatic carbocycles. The molecular weight excluding hydrogens is 260 g/mol. The number of rotatable bonds is 1. The van der Waals surface area contributed by atoms with Gasteiger partial charge in [0.25, 0.3) is 0 Å². The second kappa shape index (κ2) is 4.62. The van der Waals surface area contributed by atoms with Crippen LogP contribution in [0, 0.1) is 5.41 Å². The van der Waals surface area contributed by atoms with Crippen LogP contribution in [-0.4, -0.2) is 12.1 Å². The number of ether oxygens (including phenoxy) is 1. The lowest BCUT2D eigenvalue weighted by molar-refractivity contribution is 0.252. The molecule has 0 aliphatic heterocycles. The Hall–Kier alpha value is -1.77. The van der Waals surface area contributed by atoms with Crippen molar-refractivity contribution in [3.63, 3.8) is 0 Å². The molecule has 110 valence electrons. The maximum absolute atomic E-state index is 6.45. The molecule has 2 aliphatic carbocycles. The maximum atomic E-state index is 6.45. The summed E-state index contributed by atoms with van der Waals surface area (Å²) in [6.45, 7) is 0. The van der Waals surface area contributed by atoms with Gasteiger partial charge in [-0.05, 0) is 61.3 Å². The monoisotopic (exact) mass is 282 g/mol. The minimum Gasteiger partial charge on any atom is -0.497 e. The first kappa shape index (κ1) is 12.9. The summed E-state index contributed by atoms with van der Waals surface area (Å²) >= 11 is 0. The molecule has 21 heavy (non-hydrogen) atoms. The first-order valence-corrected chi connectivity index (χ1v) is 7.96. The zero-order valence-electron chi connectivity index (χ0n) is 12.6. The number of pyridine rings is 1. The van der Waals surface area contributed by atoms with Gasteiger partial charge < -0.3 is 10.5 Å². The zero-order chi connectivity index (χ0) is 14.4.